The van der Waals surface area contributed by atoms with E-state index < -0.39 is 17.8 Å². The Morgan fingerprint density at radius 1 is 0.966 bits per heavy atom. The van der Waals surface area contributed by atoms with Crippen molar-refractivity contribution in [2.75, 3.05) is 13.6 Å². The fourth-order valence-electron chi connectivity index (χ4n) is 5.79. The van der Waals surface area contributed by atoms with E-state index in [-0.39, 0.29) is 54.3 Å². The minimum absolute atomic E-state index is 0.0227. The summed E-state index contributed by atoms with van der Waals surface area (Å²) in [6, 6.07) is 4.70. The van der Waals surface area contributed by atoms with E-state index in [1.807, 2.05) is 0 Å². The lowest BCUT2D eigenvalue weighted by molar-refractivity contribution is -0.123. The molecule has 4 rings (SSSR count). The average molecular weight is 833 g/mol. The third-order valence-corrected chi connectivity index (χ3v) is 9.55. The molecule has 2 atom stereocenters. The summed E-state index contributed by atoms with van der Waals surface area (Å²) >= 11 is 0. The zero-order valence-corrected chi connectivity index (χ0v) is 36.9. The molecule has 2 fully saturated rings. The average Bonchev–Trinajstić information content (AvgIpc) is 4.12. The van der Waals surface area contributed by atoms with E-state index in [4.69, 9.17) is 15.6 Å². The zero-order valence-electron chi connectivity index (χ0n) is 36.9. The summed E-state index contributed by atoms with van der Waals surface area (Å²) in [5.41, 5.74) is 6.04. The number of primary amides is 1. The van der Waals surface area contributed by atoms with Gasteiger partial charge in [0.05, 0.1) is 19.0 Å². The number of halogens is 1. The number of ether oxygens (including phenoxy) is 1. The number of alkyl carbamates (subject to hydrolysis) is 1. The number of nitrogens with two attached hydrogens (primary N) is 1. The molecule has 0 aromatic heterocycles. The number of unbranched alkanes of at least 4 members (excludes halogenated alkanes) is 5. The first kappa shape index (κ1) is 54.4. The maximum atomic E-state index is 13.1. The molecule has 1 aliphatic heterocycles. The quantitative estimate of drug-likeness (QED) is 0.0486. The molecule has 2 saturated carbocycles. The predicted octanol–water partition coefficient (Wildman–Crippen LogP) is 8.30. The number of aldehydes is 2. The smallest absolute Gasteiger partial charge is 0.408 e. The van der Waals surface area contributed by atoms with E-state index in [0.717, 1.165) is 75.9 Å². The van der Waals surface area contributed by atoms with Gasteiger partial charge in [0.2, 0.25) is 11.8 Å². The number of carboxylic acid groups (broad SMARTS) is 1. The molecule has 5 N–H and O–H groups in total. The summed E-state index contributed by atoms with van der Waals surface area (Å²) in [4.78, 5) is 75.2. The number of nitrogens with one attached hydrogen (secondary N) is 2. The van der Waals surface area contributed by atoms with Crippen molar-refractivity contribution in [3.8, 4) is 0 Å². The number of rotatable bonds is 18. The number of ketones is 1. The van der Waals surface area contributed by atoms with Crippen molar-refractivity contribution in [3.63, 3.8) is 0 Å². The molecule has 0 spiro atoms. The first-order valence-electron chi connectivity index (χ1n) is 21.2. The van der Waals surface area contributed by atoms with Crippen LogP contribution in [-0.4, -0.2) is 71.6 Å². The van der Waals surface area contributed by atoms with Crippen molar-refractivity contribution < 1.29 is 47.8 Å². The molecule has 4 amide bonds. The van der Waals surface area contributed by atoms with Gasteiger partial charge in [-0.2, -0.15) is 0 Å². The van der Waals surface area contributed by atoms with Gasteiger partial charge in [0.1, 0.15) is 29.8 Å². The monoisotopic (exact) mass is 833 g/mol. The number of allylic oxidation sites excluding steroid dienone is 2. The summed E-state index contributed by atoms with van der Waals surface area (Å²) in [5, 5.41) is 13.7. The number of hydrogen-bond acceptors (Lipinski definition) is 8. The fraction of sp³-hybridized carbons (Fsp3) is 0.667. The highest BCUT2D eigenvalue weighted by Crippen LogP contribution is 2.39. The van der Waals surface area contributed by atoms with E-state index in [9.17, 15) is 38.0 Å². The second kappa shape index (κ2) is 30.4. The second-order valence-corrected chi connectivity index (χ2v) is 16.2. The van der Waals surface area contributed by atoms with Crippen LogP contribution in [0.25, 0.3) is 0 Å². The van der Waals surface area contributed by atoms with Gasteiger partial charge in [-0.3, -0.25) is 19.3 Å². The highest BCUT2D eigenvalue weighted by Gasteiger charge is 2.40. The first-order valence-corrected chi connectivity index (χ1v) is 21.2. The Balaban J connectivity index is 0.000000719. The lowest BCUT2D eigenvalue weighted by Crippen LogP contribution is -2.34. The Labute approximate surface area is 351 Å². The number of nitrogens with zero attached hydrogens (tertiary/aromatic N) is 1. The van der Waals surface area contributed by atoms with Crippen LogP contribution in [0.3, 0.4) is 0 Å². The highest BCUT2D eigenvalue weighted by molar-refractivity contribution is 5.82. The summed E-state index contributed by atoms with van der Waals surface area (Å²) in [5.74, 6) is 0.691. The molecule has 1 heterocycles. The molecule has 0 bridgehead atoms. The Bertz CT molecular complexity index is 1460. The number of carbonyl (C=O) groups is 7. The summed E-state index contributed by atoms with van der Waals surface area (Å²) in [7, 11) is 1.71. The van der Waals surface area contributed by atoms with E-state index in [2.05, 4.69) is 43.6 Å². The number of benzene rings is 1. The number of Topliss-reactive ketones (excluding diaryl/α,β-unsaturated/α-hetero) is 1. The van der Waals surface area contributed by atoms with Gasteiger partial charge in [-0.25, -0.2) is 14.0 Å². The maximum absolute atomic E-state index is 13.1. The van der Waals surface area contributed by atoms with Crippen molar-refractivity contribution in [1.29, 1.82) is 0 Å². The molecule has 0 saturated heterocycles. The van der Waals surface area contributed by atoms with Gasteiger partial charge in [-0.05, 0) is 96.1 Å². The fourth-order valence-corrected chi connectivity index (χ4v) is 5.79. The van der Waals surface area contributed by atoms with Crippen LogP contribution in [-0.2, 0) is 41.8 Å². The minimum atomic E-state index is -1.00. The lowest BCUT2D eigenvalue weighted by atomic mass is 9.96. The highest BCUT2D eigenvalue weighted by atomic mass is 19.1. The third-order valence-electron chi connectivity index (χ3n) is 9.55. The summed E-state index contributed by atoms with van der Waals surface area (Å²) in [6.45, 7) is 13.7. The SMILES string of the molecule is CC(=O)CNC(=O)OC(C)(C)C.CCCCC(CCCC)C(N)=O.CCCCC/C=C\C1CC1C(=O)NC.O=C(O)N1Cc2cccc(F)c2C1.O=CC(C=O)C1CC1. The number of carbonyl (C=O) groups excluding carboxylic acids is 6. The first-order chi connectivity index (χ1) is 27.9. The maximum Gasteiger partial charge on any atom is 0.408 e. The molecular weight excluding hydrogens is 760 g/mol. The number of fused-ring (bicyclic) bond motifs is 1. The molecule has 3 aliphatic rings. The van der Waals surface area contributed by atoms with Crippen LogP contribution in [0.4, 0.5) is 14.0 Å². The Kier molecular flexibility index (Phi) is 28.0. The van der Waals surface area contributed by atoms with Gasteiger partial charge in [0.15, 0.2) is 0 Å². The van der Waals surface area contributed by atoms with Crippen LogP contribution in [0.5, 0.6) is 0 Å². The Hall–Kier alpha value is -4.62. The minimum Gasteiger partial charge on any atom is -0.465 e. The standard InChI is InChI=1S/C12H21NO.C10H21NO.C9H8FNO2.C8H15NO3.C6H8O2/c1-3-4-5-6-7-8-10-9-11(10)12(14)13-2;1-3-5-7-9(10(11)12)8-6-4-2;10-8-3-1-2-6-4-11(9(12)13)5-7(6)8;1-6(10)5-9-7(11)12-8(2,3)4;7-3-6(4-8)5-1-2-5/h7-8,10-11H,3-6,9H2,1-2H3,(H,13,14);9H,3-8H2,1-2H3,(H2,11,12);1-3H,4-5H2,(H,12,13);5H2,1-4H3,(H,9,11);3-6H,1-2H2/b8-7-;;;;. The van der Waals surface area contributed by atoms with Gasteiger partial charge >= 0.3 is 12.2 Å². The van der Waals surface area contributed by atoms with Crippen molar-refractivity contribution in [2.45, 2.75) is 151 Å². The summed E-state index contributed by atoms with van der Waals surface area (Å²) in [6.07, 6.45) is 19.1. The molecule has 1 aromatic carbocycles. The van der Waals surface area contributed by atoms with Crippen LogP contribution in [0.1, 0.15) is 143 Å². The van der Waals surface area contributed by atoms with E-state index >= 15 is 0 Å². The largest absolute Gasteiger partial charge is 0.465 e. The van der Waals surface area contributed by atoms with Gasteiger partial charge in [-0.15, -0.1) is 0 Å². The predicted molar refractivity (Wildman–Crippen MR) is 228 cm³/mol. The Morgan fingerprint density at radius 3 is 1.98 bits per heavy atom. The van der Waals surface area contributed by atoms with Crippen molar-refractivity contribution in [1.82, 2.24) is 15.5 Å². The van der Waals surface area contributed by atoms with Crippen molar-refractivity contribution in [2.24, 2.45) is 35.3 Å². The molecule has 1 aromatic rings. The van der Waals surface area contributed by atoms with Crippen LogP contribution in [0.2, 0.25) is 0 Å². The van der Waals surface area contributed by atoms with E-state index in [0.29, 0.717) is 23.9 Å². The molecular formula is C45H73FN4O9. The van der Waals surface area contributed by atoms with Crippen molar-refractivity contribution in [3.05, 3.63) is 47.3 Å². The Morgan fingerprint density at radius 2 is 1.56 bits per heavy atom. The van der Waals surface area contributed by atoms with Crippen molar-refractivity contribution >= 4 is 42.4 Å². The van der Waals surface area contributed by atoms with Gasteiger partial charge in [0.25, 0.3) is 0 Å². The van der Waals surface area contributed by atoms with Crippen LogP contribution < -0.4 is 16.4 Å². The summed E-state index contributed by atoms with van der Waals surface area (Å²) < 4.78 is 18.0. The van der Waals surface area contributed by atoms with Gasteiger partial charge in [0, 0.05) is 31.0 Å². The third kappa shape index (κ3) is 26.2. The molecule has 59 heavy (non-hydrogen) atoms. The van der Waals surface area contributed by atoms with Crippen LogP contribution in [0.15, 0.2) is 30.4 Å². The lowest BCUT2D eigenvalue weighted by Gasteiger charge is -2.19. The molecule has 334 valence electrons. The molecule has 0 radical (unpaired) electrons. The second-order valence-electron chi connectivity index (χ2n) is 16.2. The molecule has 13 nitrogen and oxygen atoms in total. The molecule has 2 aliphatic carbocycles. The number of hydrogen-bond donors (Lipinski definition) is 4. The normalized spacial score (nSPS) is 16.0. The van der Waals surface area contributed by atoms with Gasteiger partial charge < -0.3 is 35.8 Å². The van der Waals surface area contributed by atoms with Crippen LogP contribution >= 0.6 is 0 Å². The molecule has 14 heteroatoms. The van der Waals surface area contributed by atoms with Crippen LogP contribution in [0, 0.1) is 35.4 Å². The number of amides is 4. The van der Waals surface area contributed by atoms with E-state index in [1.54, 1.807) is 40.0 Å². The van der Waals surface area contributed by atoms with E-state index in [1.165, 1.54) is 43.6 Å². The van der Waals surface area contributed by atoms with Gasteiger partial charge in [-0.1, -0.05) is 83.6 Å². The zero-order chi connectivity index (χ0) is 45.0. The molecule has 2 unspecified atom stereocenters. The topological polar surface area (TPSA) is 202 Å².